The molecule has 132 valence electrons. The molecule has 24 heavy (non-hydrogen) atoms. The van der Waals surface area contributed by atoms with Crippen molar-refractivity contribution in [2.75, 3.05) is 50.7 Å². The van der Waals surface area contributed by atoms with Crippen LogP contribution in [0.4, 0.5) is 5.69 Å². The molecule has 2 aliphatic rings. The molecule has 1 atom stereocenters. The quantitative estimate of drug-likeness (QED) is 0.767. The van der Waals surface area contributed by atoms with E-state index in [0.717, 1.165) is 75.8 Å². The summed E-state index contributed by atoms with van der Waals surface area (Å²) in [5, 5.41) is 7.11. The van der Waals surface area contributed by atoms with E-state index in [1.165, 1.54) is 0 Å². The standard InChI is InChI=1S/C18H27ClN4O/c19-15-5-1-2-7-17(15)23-13-11-22(12-14-23)10-4-9-21-18(24)16-6-3-8-20-16/h1-2,5,7,16,20H,3-4,6,8-14H2,(H,21,24). The van der Waals surface area contributed by atoms with Crippen molar-refractivity contribution in [3.63, 3.8) is 0 Å². The zero-order valence-corrected chi connectivity index (χ0v) is 14.9. The van der Waals surface area contributed by atoms with Crippen LogP contribution in [0.2, 0.25) is 5.02 Å². The molecule has 5 nitrogen and oxygen atoms in total. The third-order valence-electron chi connectivity index (χ3n) is 4.89. The van der Waals surface area contributed by atoms with E-state index in [2.05, 4.69) is 26.5 Å². The Morgan fingerprint density at radius 2 is 2.04 bits per heavy atom. The summed E-state index contributed by atoms with van der Waals surface area (Å²) in [7, 11) is 0. The monoisotopic (exact) mass is 350 g/mol. The molecule has 0 saturated carbocycles. The number of halogens is 1. The highest BCUT2D eigenvalue weighted by Crippen LogP contribution is 2.25. The lowest BCUT2D eigenvalue weighted by Crippen LogP contribution is -2.47. The van der Waals surface area contributed by atoms with Crippen molar-refractivity contribution in [2.24, 2.45) is 0 Å². The first-order valence-electron chi connectivity index (χ1n) is 8.97. The Kier molecular flexibility index (Phi) is 6.35. The fourth-order valence-corrected chi connectivity index (χ4v) is 3.72. The molecular formula is C18H27ClN4O. The number of rotatable bonds is 6. The number of nitrogens with zero attached hydrogens (tertiary/aromatic N) is 2. The number of hydrogen-bond acceptors (Lipinski definition) is 4. The summed E-state index contributed by atoms with van der Waals surface area (Å²) in [5.41, 5.74) is 1.13. The van der Waals surface area contributed by atoms with Crippen LogP contribution < -0.4 is 15.5 Å². The minimum Gasteiger partial charge on any atom is -0.368 e. The molecule has 2 aliphatic heterocycles. The minimum atomic E-state index is 0.0316. The third-order valence-corrected chi connectivity index (χ3v) is 5.21. The average molecular weight is 351 g/mol. The van der Waals surface area contributed by atoms with Gasteiger partial charge < -0.3 is 15.5 Å². The molecule has 2 N–H and O–H groups in total. The molecule has 1 unspecified atom stereocenters. The van der Waals surface area contributed by atoms with Crippen LogP contribution in [0.25, 0.3) is 0 Å². The molecule has 1 aromatic rings. The molecule has 6 heteroatoms. The van der Waals surface area contributed by atoms with Gasteiger partial charge in [0.25, 0.3) is 0 Å². The van der Waals surface area contributed by atoms with Crippen LogP contribution >= 0.6 is 11.6 Å². The van der Waals surface area contributed by atoms with Crippen molar-refractivity contribution in [3.05, 3.63) is 29.3 Å². The number of piperazine rings is 1. The number of carbonyl (C=O) groups excluding carboxylic acids is 1. The number of amides is 1. The second-order valence-corrected chi connectivity index (χ2v) is 6.98. The number of hydrogen-bond donors (Lipinski definition) is 2. The van der Waals surface area contributed by atoms with Gasteiger partial charge in [-0.3, -0.25) is 9.69 Å². The summed E-state index contributed by atoms with van der Waals surface area (Å²) >= 11 is 6.28. The molecular weight excluding hydrogens is 324 g/mol. The summed E-state index contributed by atoms with van der Waals surface area (Å²) < 4.78 is 0. The number of para-hydroxylation sites is 1. The van der Waals surface area contributed by atoms with Gasteiger partial charge in [0.15, 0.2) is 0 Å². The molecule has 1 amide bonds. The van der Waals surface area contributed by atoms with Gasteiger partial charge in [-0.1, -0.05) is 23.7 Å². The molecule has 0 bridgehead atoms. The van der Waals surface area contributed by atoms with Gasteiger partial charge >= 0.3 is 0 Å². The summed E-state index contributed by atoms with van der Waals surface area (Å²) in [6, 6.07) is 8.08. The van der Waals surface area contributed by atoms with E-state index in [-0.39, 0.29) is 11.9 Å². The Morgan fingerprint density at radius 3 is 2.75 bits per heavy atom. The number of nitrogens with one attached hydrogen (secondary N) is 2. The second kappa shape index (κ2) is 8.70. The zero-order chi connectivity index (χ0) is 16.8. The normalized spacial score (nSPS) is 21.9. The summed E-state index contributed by atoms with van der Waals surface area (Å²) in [5.74, 6) is 0.163. The maximum atomic E-state index is 11.9. The van der Waals surface area contributed by atoms with Crippen molar-refractivity contribution in [1.82, 2.24) is 15.5 Å². The Morgan fingerprint density at radius 1 is 1.25 bits per heavy atom. The lowest BCUT2D eigenvalue weighted by molar-refractivity contribution is -0.122. The van der Waals surface area contributed by atoms with Gasteiger partial charge in [0.2, 0.25) is 5.91 Å². The molecule has 0 radical (unpaired) electrons. The first-order chi connectivity index (χ1) is 11.7. The van der Waals surface area contributed by atoms with Gasteiger partial charge in [0, 0.05) is 32.7 Å². The molecule has 1 aromatic carbocycles. The maximum Gasteiger partial charge on any atom is 0.237 e. The van der Waals surface area contributed by atoms with E-state index < -0.39 is 0 Å². The Bertz CT molecular complexity index is 540. The lowest BCUT2D eigenvalue weighted by Gasteiger charge is -2.36. The van der Waals surface area contributed by atoms with E-state index in [1.54, 1.807) is 0 Å². The molecule has 2 heterocycles. The van der Waals surface area contributed by atoms with Crippen LogP contribution in [0.5, 0.6) is 0 Å². The Hall–Kier alpha value is -1.30. The maximum absolute atomic E-state index is 11.9. The first kappa shape index (κ1) is 17.5. The van der Waals surface area contributed by atoms with E-state index in [4.69, 9.17) is 11.6 Å². The Labute approximate surface area is 149 Å². The predicted molar refractivity (Wildman–Crippen MR) is 98.8 cm³/mol. The fraction of sp³-hybridized carbons (Fsp3) is 0.611. The van der Waals surface area contributed by atoms with Crippen molar-refractivity contribution < 1.29 is 4.79 Å². The van der Waals surface area contributed by atoms with E-state index >= 15 is 0 Å². The second-order valence-electron chi connectivity index (χ2n) is 6.57. The fourth-order valence-electron chi connectivity index (χ4n) is 3.47. The predicted octanol–water partition coefficient (Wildman–Crippen LogP) is 1.72. The summed E-state index contributed by atoms with van der Waals surface area (Å²) in [6.45, 7) is 6.86. The van der Waals surface area contributed by atoms with Crippen LogP contribution in [0.1, 0.15) is 19.3 Å². The smallest absolute Gasteiger partial charge is 0.237 e. The zero-order valence-electron chi connectivity index (χ0n) is 14.1. The average Bonchev–Trinajstić information content (AvgIpc) is 3.14. The van der Waals surface area contributed by atoms with Gasteiger partial charge in [0.05, 0.1) is 16.8 Å². The Balaban J connectivity index is 1.32. The van der Waals surface area contributed by atoms with Crippen LogP contribution in [0.15, 0.2) is 24.3 Å². The number of carbonyl (C=O) groups is 1. The highest BCUT2D eigenvalue weighted by atomic mass is 35.5. The topological polar surface area (TPSA) is 47.6 Å². The van der Waals surface area contributed by atoms with E-state index in [0.29, 0.717) is 0 Å². The van der Waals surface area contributed by atoms with Crippen molar-refractivity contribution in [3.8, 4) is 0 Å². The molecule has 2 fully saturated rings. The largest absolute Gasteiger partial charge is 0.368 e. The lowest BCUT2D eigenvalue weighted by atomic mass is 10.2. The van der Waals surface area contributed by atoms with E-state index in [9.17, 15) is 4.79 Å². The SMILES string of the molecule is O=C(NCCCN1CCN(c2ccccc2Cl)CC1)C1CCCN1. The van der Waals surface area contributed by atoms with Crippen molar-refractivity contribution in [2.45, 2.75) is 25.3 Å². The highest BCUT2D eigenvalue weighted by Gasteiger charge is 2.21. The van der Waals surface area contributed by atoms with Crippen LogP contribution in [0.3, 0.4) is 0 Å². The molecule has 0 aromatic heterocycles. The highest BCUT2D eigenvalue weighted by molar-refractivity contribution is 6.33. The van der Waals surface area contributed by atoms with Crippen molar-refractivity contribution >= 4 is 23.2 Å². The van der Waals surface area contributed by atoms with Gasteiger partial charge in [-0.2, -0.15) is 0 Å². The van der Waals surface area contributed by atoms with Crippen LogP contribution in [-0.4, -0.2) is 62.7 Å². The molecule has 0 aliphatic carbocycles. The van der Waals surface area contributed by atoms with Crippen LogP contribution in [-0.2, 0) is 4.79 Å². The summed E-state index contributed by atoms with van der Waals surface area (Å²) in [4.78, 5) is 16.7. The molecule has 0 spiro atoms. The van der Waals surface area contributed by atoms with E-state index in [1.807, 2.05) is 18.2 Å². The third kappa shape index (κ3) is 4.62. The summed E-state index contributed by atoms with van der Waals surface area (Å²) in [6.07, 6.45) is 3.08. The number of benzene rings is 1. The molecule has 2 saturated heterocycles. The van der Waals surface area contributed by atoms with Gasteiger partial charge in [-0.25, -0.2) is 0 Å². The molecule has 3 rings (SSSR count). The van der Waals surface area contributed by atoms with Gasteiger partial charge in [-0.15, -0.1) is 0 Å². The number of anilines is 1. The van der Waals surface area contributed by atoms with Gasteiger partial charge in [-0.05, 0) is 44.5 Å². The first-order valence-corrected chi connectivity index (χ1v) is 9.35. The van der Waals surface area contributed by atoms with Gasteiger partial charge in [0.1, 0.15) is 0 Å². The minimum absolute atomic E-state index is 0.0316. The van der Waals surface area contributed by atoms with Crippen LogP contribution in [0, 0.1) is 0 Å². The van der Waals surface area contributed by atoms with Crippen molar-refractivity contribution in [1.29, 1.82) is 0 Å².